The van der Waals surface area contributed by atoms with Crippen LogP contribution >= 0.6 is 0 Å². The van der Waals surface area contributed by atoms with E-state index in [1.165, 1.54) is 13.8 Å². The van der Waals surface area contributed by atoms with E-state index < -0.39 is 0 Å². The van der Waals surface area contributed by atoms with E-state index in [0.29, 0.717) is 0 Å². The number of hydrogen-bond acceptors (Lipinski definition) is 2. The van der Waals surface area contributed by atoms with E-state index >= 15 is 0 Å². The Morgan fingerprint density at radius 2 is 0.889 bits per heavy atom. The Balaban J connectivity index is -0.00000000571. The van der Waals surface area contributed by atoms with Gasteiger partial charge in [0, 0.05) is 0 Å². The summed E-state index contributed by atoms with van der Waals surface area (Å²) in [6.07, 6.45) is 1.50. The topological polar surface area (TPSA) is 129 Å². The van der Waals surface area contributed by atoms with Gasteiger partial charge in [0.15, 0.2) is 0 Å². The second-order valence-electron chi connectivity index (χ2n) is 0.471. The molecule has 0 aromatic heterocycles. The normalized spacial score (nSPS) is 2.89. The van der Waals surface area contributed by atoms with Crippen LogP contribution in [0.3, 0.4) is 0 Å². The molecule has 0 aromatic rings. The van der Waals surface area contributed by atoms with Crippen molar-refractivity contribution in [2.24, 2.45) is 0 Å². The third-order valence-electron chi connectivity index (χ3n) is 0. The van der Waals surface area contributed by atoms with E-state index in [1.807, 2.05) is 0 Å². The maximum atomic E-state index is 8.81. The van der Waals surface area contributed by atoms with Crippen LogP contribution in [0.2, 0.25) is 0 Å². The van der Waals surface area contributed by atoms with Crippen molar-refractivity contribution in [3.63, 3.8) is 0 Å². The molecule has 0 amide bonds. The summed E-state index contributed by atoms with van der Waals surface area (Å²) in [4.78, 5) is 17.6. The third kappa shape index (κ3) is 323. The highest BCUT2D eigenvalue weighted by Crippen LogP contribution is 1.13. The molecule has 0 heterocycles. The van der Waals surface area contributed by atoms with Gasteiger partial charge in [-0.25, -0.2) is 0 Å². The predicted molar refractivity (Wildman–Crippen MR) is 35.4 cm³/mol. The highest BCUT2D eigenvalue weighted by atomic mass is 16.1. The van der Waals surface area contributed by atoms with Crippen LogP contribution in [0.4, 0.5) is 0 Å². The van der Waals surface area contributed by atoms with E-state index in [4.69, 9.17) is 9.59 Å². The van der Waals surface area contributed by atoms with Crippen LogP contribution in [0.15, 0.2) is 0 Å². The first-order valence-corrected chi connectivity index (χ1v) is 1.63. The molecule has 0 aliphatic rings. The van der Waals surface area contributed by atoms with Crippen molar-refractivity contribution in [2.45, 2.75) is 13.8 Å². The minimum Gasteiger partial charge on any atom is -1.00 e. The van der Waals surface area contributed by atoms with Crippen molar-refractivity contribution in [3.05, 3.63) is 0 Å². The summed E-state index contributed by atoms with van der Waals surface area (Å²) in [6, 6.07) is 0. The zero-order valence-corrected chi connectivity index (χ0v) is 5.47. The fourth-order valence-corrected chi connectivity index (χ4v) is 0. The Kier molecular flexibility index (Phi) is 862. The van der Waals surface area contributed by atoms with Gasteiger partial charge in [0.05, 0.1) is 0 Å². The zero-order chi connectivity index (χ0) is 5.41. The first-order valence-electron chi connectivity index (χ1n) is 1.63. The maximum Gasteiger partial charge on any atom is 0.116 e. The molecule has 6 N–H and O–H groups in total. The van der Waals surface area contributed by atoms with Gasteiger partial charge in [-0.2, -0.15) is 0 Å². The van der Waals surface area contributed by atoms with Gasteiger partial charge in [-0.1, -0.05) is 0 Å². The molecule has 0 atom stereocenters. The molecular weight excluding hydrogens is 128 g/mol. The number of aldehydes is 2. The number of rotatable bonds is 0. The molecule has 5 nitrogen and oxygen atoms in total. The Bertz CT molecular complexity index is 34.6. The lowest BCUT2D eigenvalue weighted by Gasteiger charge is -1.24. The van der Waals surface area contributed by atoms with E-state index in [2.05, 4.69) is 0 Å². The van der Waals surface area contributed by atoms with Crippen LogP contribution in [0.5, 0.6) is 0 Å². The molecule has 0 radical (unpaired) electrons. The van der Waals surface area contributed by atoms with Gasteiger partial charge >= 0.3 is 0 Å². The maximum absolute atomic E-state index is 8.81. The molecule has 0 saturated carbocycles. The fraction of sp³-hybridized carbons (Fsp3) is 0.500. The molecule has 0 spiro atoms. The average molecular weight is 143 g/mol. The number of carbonyl (C=O) groups excluding carboxylic acids is 2. The monoisotopic (exact) mass is 143 g/mol. The van der Waals surface area contributed by atoms with Crippen molar-refractivity contribution in [1.82, 2.24) is 0 Å². The van der Waals surface area contributed by atoms with Gasteiger partial charge in [0.1, 0.15) is 12.6 Å². The molecule has 0 aromatic carbocycles. The molecule has 0 fully saturated rings. The van der Waals surface area contributed by atoms with Crippen LogP contribution in [-0.4, -0.2) is 29.0 Å². The molecule has 0 aliphatic heterocycles. The third-order valence-corrected chi connectivity index (χ3v) is 0. The summed E-state index contributed by atoms with van der Waals surface area (Å²) >= 11 is 0. The van der Waals surface area contributed by atoms with E-state index in [1.54, 1.807) is 0 Å². The van der Waals surface area contributed by atoms with Crippen molar-refractivity contribution in [2.75, 3.05) is 0 Å². The summed E-state index contributed by atoms with van der Waals surface area (Å²) in [5.41, 5.74) is 0. The van der Waals surface area contributed by atoms with Gasteiger partial charge in [0.25, 0.3) is 0 Å². The first kappa shape index (κ1) is 41.3. The summed E-state index contributed by atoms with van der Waals surface area (Å²) in [7, 11) is 0. The quantitative estimate of drug-likeness (QED) is 0.365. The Hall–Kier alpha value is -0.780. The predicted octanol–water partition coefficient (Wildman–Crippen LogP) is -1.95. The SMILES string of the molecule is CC=O.CC=O.O.O.O.[H-]. The van der Waals surface area contributed by atoms with Gasteiger partial charge < -0.3 is 27.4 Å². The Labute approximate surface area is 55.1 Å². The van der Waals surface area contributed by atoms with Gasteiger partial charge in [-0.3, -0.25) is 0 Å². The number of carbonyl (C=O) groups is 2. The molecule has 0 rings (SSSR count). The lowest BCUT2D eigenvalue weighted by molar-refractivity contribution is -0.106. The molecule has 62 valence electrons. The van der Waals surface area contributed by atoms with E-state index in [-0.39, 0.29) is 17.9 Å². The molecule has 0 bridgehead atoms. The first-order chi connectivity index (χ1) is 2.83. The minimum atomic E-state index is 0. The second kappa shape index (κ2) is 188. The summed E-state index contributed by atoms with van der Waals surface area (Å²) in [6.45, 7) is 2.89. The zero-order valence-electron chi connectivity index (χ0n) is 6.47. The molecule has 5 heteroatoms. The Morgan fingerprint density at radius 3 is 0.889 bits per heavy atom. The van der Waals surface area contributed by atoms with Crippen LogP contribution in [0.1, 0.15) is 15.3 Å². The Morgan fingerprint density at radius 1 is 0.889 bits per heavy atom. The van der Waals surface area contributed by atoms with Crippen LogP contribution in [-0.2, 0) is 9.59 Å². The largest absolute Gasteiger partial charge is 1.00 e. The van der Waals surface area contributed by atoms with Crippen LogP contribution in [0, 0.1) is 0 Å². The van der Waals surface area contributed by atoms with E-state index in [9.17, 15) is 0 Å². The minimum absolute atomic E-state index is 0. The smallest absolute Gasteiger partial charge is 0.116 e. The van der Waals surface area contributed by atoms with Crippen molar-refractivity contribution < 1.29 is 27.4 Å². The van der Waals surface area contributed by atoms with Gasteiger partial charge in [-0.15, -0.1) is 0 Å². The second-order valence-corrected chi connectivity index (χ2v) is 0.471. The molecule has 9 heavy (non-hydrogen) atoms. The van der Waals surface area contributed by atoms with Crippen molar-refractivity contribution >= 4 is 12.6 Å². The molecule has 0 unspecified atom stereocenters. The molecular formula is C4H15O5-. The van der Waals surface area contributed by atoms with Crippen LogP contribution in [0.25, 0.3) is 0 Å². The van der Waals surface area contributed by atoms with Gasteiger partial charge in [0.2, 0.25) is 0 Å². The number of hydrogen-bond donors (Lipinski definition) is 0. The molecule has 0 aliphatic carbocycles. The summed E-state index contributed by atoms with van der Waals surface area (Å²) < 4.78 is 0. The highest BCUT2D eigenvalue weighted by Gasteiger charge is 1.24. The lowest BCUT2D eigenvalue weighted by atomic mass is 11.0. The van der Waals surface area contributed by atoms with E-state index in [0.717, 1.165) is 12.6 Å². The average Bonchev–Trinajstić information content (AvgIpc) is 1.39. The standard InChI is InChI=1S/2C2H4O.3H2O.H/c2*1-2-3;;;;/h2*2H,1H3;3*1H2;/q;;;;;-1. The van der Waals surface area contributed by atoms with Crippen LogP contribution < -0.4 is 0 Å². The summed E-state index contributed by atoms with van der Waals surface area (Å²) in [5, 5.41) is 0. The van der Waals surface area contributed by atoms with Crippen molar-refractivity contribution in [1.29, 1.82) is 0 Å². The van der Waals surface area contributed by atoms with Crippen molar-refractivity contribution in [3.8, 4) is 0 Å². The lowest BCUT2D eigenvalue weighted by Crippen LogP contribution is -1.36. The van der Waals surface area contributed by atoms with Gasteiger partial charge in [-0.05, 0) is 13.8 Å². The fourth-order valence-electron chi connectivity index (χ4n) is 0. The molecule has 0 saturated heterocycles. The highest BCUT2D eigenvalue weighted by molar-refractivity contribution is 5.44. The summed E-state index contributed by atoms with van der Waals surface area (Å²) in [5.74, 6) is 0.